The van der Waals surface area contributed by atoms with Gasteiger partial charge < -0.3 is 14.6 Å². The van der Waals surface area contributed by atoms with E-state index in [1.165, 1.54) is 36.0 Å². The number of aryl methyl sites for hydroxylation is 1. The summed E-state index contributed by atoms with van der Waals surface area (Å²) in [6.07, 6.45) is 3.28. The monoisotopic (exact) mass is 412 g/mol. The number of fused-ring (bicyclic) bond motifs is 1. The van der Waals surface area contributed by atoms with E-state index in [1.807, 2.05) is 0 Å². The number of nitrogens with zero attached hydrogens (tertiary/aromatic N) is 2. The molecule has 4 aromatic rings. The number of benzene rings is 2. The molecule has 29 heavy (non-hydrogen) atoms. The lowest BCUT2D eigenvalue weighted by Gasteiger charge is -2.09. The van der Waals surface area contributed by atoms with E-state index in [4.69, 9.17) is 9.47 Å². The number of hydrogen-bond acceptors (Lipinski definition) is 6. The number of hydrogen-bond donors (Lipinski definition) is 1. The highest BCUT2D eigenvalue weighted by molar-refractivity contribution is 7.15. The van der Waals surface area contributed by atoms with Gasteiger partial charge in [-0.05, 0) is 42.3 Å². The number of methoxy groups -OCH3 is 2. The van der Waals surface area contributed by atoms with Crippen LogP contribution in [0.25, 0.3) is 22.3 Å². The maximum Gasteiger partial charge on any atom is 0.274 e. The van der Waals surface area contributed by atoms with Crippen LogP contribution in [-0.2, 0) is 0 Å². The van der Waals surface area contributed by atoms with Gasteiger partial charge in [-0.3, -0.25) is 9.20 Å². The highest BCUT2D eigenvalue weighted by atomic mass is 32.1. The molecule has 6 nitrogen and oxygen atoms in total. The summed E-state index contributed by atoms with van der Waals surface area (Å²) in [7, 11) is 2.87. The lowest BCUT2D eigenvalue weighted by Crippen LogP contribution is -2.22. The number of thiazole rings is 1. The fourth-order valence-electron chi connectivity index (χ4n) is 2.97. The maximum absolute atomic E-state index is 13.8. The third-order valence-corrected chi connectivity index (χ3v) is 5.55. The Morgan fingerprint density at radius 2 is 1.86 bits per heavy atom. The number of phenols is 1. The lowest BCUT2D eigenvalue weighted by molar-refractivity contribution is 0.340. The third kappa shape index (κ3) is 3.31. The standard InChI is InChI=1S/C21H17FN2O4S/c1-11-4-5-13(9-14(11)22)15-10-24-20(26)18(29-21(24)23-15)8-12-6-16(27-2)19(25)17(7-12)28-3/h4-10,25H,1-3H3/b18-8-. The van der Waals surface area contributed by atoms with Crippen LogP contribution in [0, 0.1) is 12.7 Å². The van der Waals surface area contributed by atoms with Gasteiger partial charge in [0.1, 0.15) is 5.82 Å². The van der Waals surface area contributed by atoms with Gasteiger partial charge in [0.15, 0.2) is 16.5 Å². The summed E-state index contributed by atoms with van der Waals surface area (Å²) < 4.78 is 26.1. The molecule has 8 heteroatoms. The van der Waals surface area contributed by atoms with Gasteiger partial charge in [-0.25, -0.2) is 9.37 Å². The number of halogens is 1. The molecule has 1 N–H and O–H groups in total. The molecule has 0 aliphatic heterocycles. The van der Waals surface area contributed by atoms with Crippen LogP contribution in [-0.4, -0.2) is 28.7 Å². The third-order valence-electron chi connectivity index (χ3n) is 4.57. The summed E-state index contributed by atoms with van der Waals surface area (Å²) in [6.45, 7) is 1.69. The quantitative estimate of drug-likeness (QED) is 0.558. The summed E-state index contributed by atoms with van der Waals surface area (Å²) in [4.78, 5) is 17.8. The fraction of sp³-hybridized carbons (Fsp3) is 0.143. The molecule has 0 radical (unpaired) electrons. The van der Waals surface area contributed by atoms with Crippen LogP contribution in [0.5, 0.6) is 17.2 Å². The van der Waals surface area contributed by atoms with E-state index in [-0.39, 0.29) is 28.6 Å². The molecule has 2 aromatic carbocycles. The van der Waals surface area contributed by atoms with Gasteiger partial charge in [-0.2, -0.15) is 0 Å². The zero-order valence-electron chi connectivity index (χ0n) is 15.9. The molecular formula is C21H17FN2O4S. The van der Waals surface area contributed by atoms with Crippen molar-refractivity contribution in [2.75, 3.05) is 14.2 Å². The van der Waals surface area contributed by atoms with Gasteiger partial charge in [0.25, 0.3) is 5.56 Å². The first-order valence-corrected chi connectivity index (χ1v) is 9.48. The minimum absolute atomic E-state index is 0.106. The minimum Gasteiger partial charge on any atom is -0.502 e. The Labute approximate surface area is 169 Å². The van der Waals surface area contributed by atoms with Crippen LogP contribution < -0.4 is 19.6 Å². The smallest absolute Gasteiger partial charge is 0.274 e. The van der Waals surface area contributed by atoms with Crippen LogP contribution in [0.2, 0.25) is 0 Å². The van der Waals surface area contributed by atoms with Crippen LogP contribution in [0.1, 0.15) is 11.1 Å². The zero-order chi connectivity index (χ0) is 20.7. The van der Waals surface area contributed by atoms with Gasteiger partial charge in [0, 0.05) is 11.8 Å². The summed E-state index contributed by atoms with van der Waals surface area (Å²) >= 11 is 1.22. The van der Waals surface area contributed by atoms with Crippen LogP contribution in [0.4, 0.5) is 4.39 Å². The molecule has 0 aliphatic rings. The lowest BCUT2D eigenvalue weighted by atomic mass is 10.1. The molecule has 0 spiro atoms. The Kier molecular flexibility index (Phi) is 4.71. The zero-order valence-corrected chi connectivity index (χ0v) is 16.7. The van der Waals surface area contributed by atoms with Gasteiger partial charge in [0.05, 0.1) is 24.4 Å². The number of imidazole rings is 1. The summed E-state index contributed by atoms with van der Waals surface area (Å²) in [5.41, 5.74) is 2.10. The van der Waals surface area contributed by atoms with E-state index in [0.29, 0.717) is 31.9 Å². The Morgan fingerprint density at radius 1 is 1.17 bits per heavy atom. The molecule has 0 saturated carbocycles. The number of aromatic nitrogens is 2. The molecule has 148 valence electrons. The first-order chi connectivity index (χ1) is 13.9. The van der Waals surface area contributed by atoms with E-state index in [9.17, 15) is 14.3 Å². The summed E-state index contributed by atoms with van der Waals surface area (Å²) in [6, 6.07) is 8.09. The normalized spacial score (nSPS) is 11.9. The van der Waals surface area contributed by atoms with Crippen LogP contribution in [0.15, 0.2) is 41.3 Å². The average molecular weight is 412 g/mol. The number of ether oxygens (including phenoxy) is 2. The Balaban J connectivity index is 1.80. The largest absolute Gasteiger partial charge is 0.502 e. The van der Waals surface area contributed by atoms with Crippen molar-refractivity contribution >= 4 is 22.4 Å². The molecule has 0 unspecified atom stereocenters. The first kappa shape index (κ1) is 18.9. The maximum atomic E-state index is 13.8. The molecule has 0 atom stereocenters. The SMILES string of the molecule is COc1cc(/C=c2\sc3nc(-c4ccc(C)c(F)c4)cn3c2=O)cc(OC)c1O. The van der Waals surface area contributed by atoms with Gasteiger partial charge in [-0.15, -0.1) is 0 Å². The molecule has 0 aliphatic carbocycles. The van der Waals surface area contributed by atoms with E-state index in [2.05, 4.69) is 4.98 Å². The van der Waals surface area contributed by atoms with E-state index in [0.717, 1.165) is 0 Å². The Hall–Kier alpha value is -3.39. The molecule has 0 amide bonds. The van der Waals surface area contributed by atoms with Crippen LogP contribution >= 0.6 is 11.3 Å². The highest BCUT2D eigenvalue weighted by Crippen LogP contribution is 2.37. The molecule has 0 bridgehead atoms. The molecule has 2 aromatic heterocycles. The van der Waals surface area contributed by atoms with Crippen molar-refractivity contribution in [1.29, 1.82) is 0 Å². The number of aromatic hydroxyl groups is 1. The van der Waals surface area contributed by atoms with Crippen molar-refractivity contribution < 1.29 is 19.0 Å². The van der Waals surface area contributed by atoms with E-state index < -0.39 is 0 Å². The number of rotatable bonds is 4. The molecular weight excluding hydrogens is 395 g/mol. The average Bonchev–Trinajstić information content (AvgIpc) is 3.25. The van der Waals surface area contributed by atoms with Crippen molar-refractivity contribution in [1.82, 2.24) is 9.38 Å². The Morgan fingerprint density at radius 3 is 2.45 bits per heavy atom. The van der Waals surface area contributed by atoms with E-state index in [1.54, 1.807) is 43.5 Å². The minimum atomic E-state index is -0.314. The number of phenolic OH excluding ortho intramolecular Hbond substituents is 1. The first-order valence-electron chi connectivity index (χ1n) is 8.66. The van der Waals surface area contributed by atoms with Crippen molar-refractivity contribution in [3.05, 3.63) is 68.4 Å². The van der Waals surface area contributed by atoms with Crippen molar-refractivity contribution in [2.45, 2.75) is 6.92 Å². The van der Waals surface area contributed by atoms with E-state index >= 15 is 0 Å². The predicted octanol–water partition coefficient (Wildman–Crippen LogP) is 3.14. The fourth-order valence-corrected chi connectivity index (χ4v) is 3.93. The van der Waals surface area contributed by atoms with Crippen LogP contribution in [0.3, 0.4) is 0 Å². The second-order valence-corrected chi connectivity index (χ2v) is 7.44. The van der Waals surface area contributed by atoms with Gasteiger partial charge in [0.2, 0.25) is 5.75 Å². The Bertz CT molecular complexity index is 1320. The second-order valence-electron chi connectivity index (χ2n) is 6.43. The predicted molar refractivity (Wildman–Crippen MR) is 109 cm³/mol. The highest BCUT2D eigenvalue weighted by Gasteiger charge is 2.13. The summed E-state index contributed by atoms with van der Waals surface area (Å²) in [5, 5.41) is 10.0. The molecule has 4 rings (SSSR count). The molecule has 0 saturated heterocycles. The van der Waals surface area contributed by atoms with Gasteiger partial charge >= 0.3 is 0 Å². The van der Waals surface area contributed by atoms with Crippen molar-refractivity contribution in [2.24, 2.45) is 0 Å². The topological polar surface area (TPSA) is 73.1 Å². The summed E-state index contributed by atoms with van der Waals surface area (Å²) in [5.74, 6) is 0.0667. The molecule has 2 heterocycles. The van der Waals surface area contributed by atoms with Gasteiger partial charge in [-0.1, -0.05) is 23.5 Å². The van der Waals surface area contributed by atoms with Crippen molar-refractivity contribution in [3.8, 4) is 28.5 Å². The molecule has 0 fully saturated rings. The van der Waals surface area contributed by atoms with Crippen molar-refractivity contribution in [3.63, 3.8) is 0 Å². The second kappa shape index (κ2) is 7.21.